The molecule has 0 saturated carbocycles. The number of benzene rings is 2. The zero-order chi connectivity index (χ0) is 21.8. The summed E-state index contributed by atoms with van der Waals surface area (Å²) in [5, 5.41) is 22.9. The lowest BCUT2D eigenvalue weighted by molar-refractivity contribution is -0.0819. The monoisotopic (exact) mass is 438 g/mol. The summed E-state index contributed by atoms with van der Waals surface area (Å²) in [6.45, 7) is 3.76. The molecule has 1 saturated heterocycles. The molecular weight excluding hydrogens is 408 g/mol. The molecule has 4 rings (SSSR count). The van der Waals surface area contributed by atoms with E-state index in [-0.39, 0.29) is 0 Å². The molecule has 0 aliphatic carbocycles. The highest BCUT2D eigenvalue weighted by Gasteiger charge is 2.36. The van der Waals surface area contributed by atoms with Crippen LogP contribution in [0, 0.1) is 6.92 Å². The van der Waals surface area contributed by atoms with Gasteiger partial charge >= 0.3 is 0 Å². The van der Waals surface area contributed by atoms with Crippen LogP contribution in [-0.2, 0) is 5.60 Å². The van der Waals surface area contributed by atoms with E-state index in [0.717, 1.165) is 27.8 Å². The molecule has 0 amide bonds. The third-order valence-electron chi connectivity index (χ3n) is 6.19. The molecule has 2 N–H and O–H groups in total. The van der Waals surface area contributed by atoms with Crippen LogP contribution in [0.5, 0.6) is 5.75 Å². The first kappa shape index (κ1) is 22.1. The number of para-hydroxylation sites is 1. The number of piperidine rings is 1. The molecule has 1 aromatic heterocycles. The molecule has 1 unspecified atom stereocenters. The topological polar surface area (TPSA) is 65.8 Å². The Bertz CT molecular complexity index is 1030. The molecule has 6 heteroatoms. The van der Waals surface area contributed by atoms with Gasteiger partial charge in [-0.1, -0.05) is 18.2 Å². The van der Waals surface area contributed by atoms with Gasteiger partial charge in [-0.2, -0.15) is 0 Å². The fraction of sp³-hybridized carbons (Fsp3) is 0.400. The summed E-state index contributed by atoms with van der Waals surface area (Å²) in [4.78, 5) is 7.74. The number of aliphatic hydroxyl groups is 2. The van der Waals surface area contributed by atoms with E-state index in [1.807, 2.05) is 48.2 Å². The maximum absolute atomic E-state index is 11.2. The highest BCUT2D eigenvalue weighted by molar-refractivity contribution is 7.98. The van der Waals surface area contributed by atoms with Gasteiger partial charge in [-0.05, 0) is 61.9 Å². The first-order valence-corrected chi connectivity index (χ1v) is 12.0. The highest BCUT2D eigenvalue weighted by Crippen LogP contribution is 2.34. The molecule has 0 spiro atoms. The molecule has 0 radical (unpaired) electrons. The molecule has 2 heterocycles. The van der Waals surface area contributed by atoms with Crippen LogP contribution in [0.25, 0.3) is 10.9 Å². The van der Waals surface area contributed by atoms with Gasteiger partial charge in [-0.3, -0.25) is 9.88 Å². The third-order valence-corrected chi connectivity index (χ3v) is 6.92. The molecule has 1 fully saturated rings. The van der Waals surface area contributed by atoms with E-state index in [0.29, 0.717) is 39.0 Å². The van der Waals surface area contributed by atoms with Gasteiger partial charge in [0.15, 0.2) is 0 Å². The average Bonchev–Trinajstić information content (AvgIpc) is 2.80. The minimum atomic E-state index is -0.903. The molecule has 2 aromatic carbocycles. The Morgan fingerprint density at radius 1 is 1.16 bits per heavy atom. The summed E-state index contributed by atoms with van der Waals surface area (Å²) in [5.41, 5.74) is 1.99. The van der Waals surface area contributed by atoms with Crippen molar-refractivity contribution in [3.63, 3.8) is 0 Å². The van der Waals surface area contributed by atoms with Gasteiger partial charge < -0.3 is 14.9 Å². The second-order valence-corrected chi connectivity index (χ2v) is 9.11. The third kappa shape index (κ3) is 5.04. The van der Waals surface area contributed by atoms with Crippen LogP contribution < -0.4 is 4.74 Å². The highest BCUT2D eigenvalue weighted by atomic mass is 32.2. The van der Waals surface area contributed by atoms with Crippen LogP contribution in [0.15, 0.2) is 59.6 Å². The number of ether oxygens (including phenoxy) is 1. The fourth-order valence-corrected chi connectivity index (χ4v) is 4.67. The Kier molecular flexibility index (Phi) is 6.82. The van der Waals surface area contributed by atoms with Crippen LogP contribution in [0.3, 0.4) is 0 Å². The molecule has 3 aromatic rings. The number of rotatable bonds is 7. The van der Waals surface area contributed by atoms with Crippen molar-refractivity contribution in [3.05, 3.63) is 65.9 Å². The minimum absolute atomic E-state index is 0.454. The maximum Gasteiger partial charge on any atom is 0.122 e. The first-order valence-electron chi connectivity index (χ1n) is 10.8. The smallest absolute Gasteiger partial charge is 0.122 e. The van der Waals surface area contributed by atoms with E-state index in [1.165, 1.54) is 4.90 Å². The quantitative estimate of drug-likeness (QED) is 0.535. The van der Waals surface area contributed by atoms with Gasteiger partial charge in [-0.25, -0.2) is 0 Å². The summed E-state index contributed by atoms with van der Waals surface area (Å²) >= 11 is 1.71. The SMILES string of the molecule is CSc1ccc(OCCC(O)N2CCC(O)(c3cnc4ccccc4c3)CC2)c(C)c1. The standard InChI is InChI=1S/C25H30N2O3S/c1-18-15-21(31-2)7-8-23(18)30-14-9-24(28)27-12-10-25(29,11-13-27)20-16-19-5-3-4-6-22(19)26-17-20/h3-8,15-17,24,28-29H,9-14H2,1-2H3. The molecule has 0 bridgehead atoms. The summed E-state index contributed by atoms with van der Waals surface area (Å²) in [6.07, 6.45) is 4.93. The molecule has 1 aliphatic rings. The van der Waals surface area contributed by atoms with Gasteiger partial charge in [0.2, 0.25) is 0 Å². The van der Waals surface area contributed by atoms with Crippen molar-refractivity contribution in [1.29, 1.82) is 0 Å². The number of aliphatic hydroxyl groups excluding tert-OH is 1. The Labute approximate surface area is 188 Å². The Morgan fingerprint density at radius 2 is 1.94 bits per heavy atom. The fourth-order valence-electron chi connectivity index (χ4n) is 4.17. The van der Waals surface area contributed by atoms with E-state index in [2.05, 4.69) is 23.4 Å². The van der Waals surface area contributed by atoms with Gasteiger partial charge in [0.25, 0.3) is 0 Å². The van der Waals surface area contributed by atoms with Crippen molar-refractivity contribution in [2.45, 2.75) is 42.9 Å². The van der Waals surface area contributed by atoms with Crippen molar-refractivity contribution in [1.82, 2.24) is 9.88 Å². The van der Waals surface area contributed by atoms with E-state index < -0.39 is 11.8 Å². The van der Waals surface area contributed by atoms with E-state index >= 15 is 0 Å². The lowest BCUT2D eigenvalue weighted by atomic mass is 9.84. The Balaban J connectivity index is 1.30. The number of nitrogens with zero attached hydrogens (tertiary/aromatic N) is 2. The lowest BCUT2D eigenvalue weighted by Crippen LogP contribution is -2.47. The van der Waals surface area contributed by atoms with Crippen LogP contribution >= 0.6 is 11.8 Å². The zero-order valence-corrected chi connectivity index (χ0v) is 18.9. The Hall–Kier alpha value is -2.12. The number of hydrogen-bond acceptors (Lipinski definition) is 6. The molecule has 5 nitrogen and oxygen atoms in total. The number of aromatic nitrogens is 1. The summed E-state index contributed by atoms with van der Waals surface area (Å²) in [5.74, 6) is 0.863. The zero-order valence-electron chi connectivity index (χ0n) is 18.1. The predicted molar refractivity (Wildman–Crippen MR) is 126 cm³/mol. The van der Waals surface area contributed by atoms with Crippen LogP contribution in [0.1, 0.15) is 30.4 Å². The normalized spacial score (nSPS) is 17.5. The van der Waals surface area contributed by atoms with Gasteiger partial charge in [0, 0.05) is 41.6 Å². The maximum atomic E-state index is 11.2. The average molecular weight is 439 g/mol. The van der Waals surface area contributed by atoms with Crippen LogP contribution in [0.2, 0.25) is 0 Å². The predicted octanol–water partition coefficient (Wildman–Crippen LogP) is 4.34. The number of hydrogen-bond donors (Lipinski definition) is 2. The molecule has 31 heavy (non-hydrogen) atoms. The van der Waals surface area contributed by atoms with Crippen LogP contribution in [-0.4, -0.2) is 52.3 Å². The van der Waals surface area contributed by atoms with E-state index in [4.69, 9.17) is 4.74 Å². The van der Waals surface area contributed by atoms with Crippen molar-refractivity contribution in [2.24, 2.45) is 0 Å². The van der Waals surface area contributed by atoms with Crippen LogP contribution in [0.4, 0.5) is 0 Å². The molecule has 1 aliphatic heterocycles. The Morgan fingerprint density at radius 3 is 2.68 bits per heavy atom. The molecular formula is C25H30N2O3S. The summed E-state index contributed by atoms with van der Waals surface area (Å²) in [7, 11) is 0. The number of aryl methyl sites for hydroxylation is 1. The molecule has 164 valence electrons. The van der Waals surface area contributed by atoms with Gasteiger partial charge in [0.05, 0.1) is 17.7 Å². The number of thioether (sulfide) groups is 1. The van der Waals surface area contributed by atoms with Crippen molar-refractivity contribution >= 4 is 22.7 Å². The summed E-state index contributed by atoms with van der Waals surface area (Å²) < 4.78 is 5.90. The largest absolute Gasteiger partial charge is 0.493 e. The number of fused-ring (bicyclic) bond motifs is 1. The second-order valence-electron chi connectivity index (χ2n) is 8.23. The van der Waals surface area contributed by atoms with Gasteiger partial charge in [-0.15, -0.1) is 11.8 Å². The first-order chi connectivity index (χ1) is 15.0. The lowest BCUT2D eigenvalue weighted by Gasteiger charge is -2.40. The van der Waals surface area contributed by atoms with E-state index in [9.17, 15) is 10.2 Å². The van der Waals surface area contributed by atoms with Gasteiger partial charge in [0.1, 0.15) is 12.0 Å². The number of likely N-dealkylation sites (tertiary alicyclic amines) is 1. The minimum Gasteiger partial charge on any atom is -0.493 e. The molecule has 1 atom stereocenters. The van der Waals surface area contributed by atoms with E-state index in [1.54, 1.807) is 18.0 Å². The van der Waals surface area contributed by atoms with Crippen molar-refractivity contribution in [2.75, 3.05) is 26.0 Å². The van der Waals surface area contributed by atoms with Crippen molar-refractivity contribution < 1.29 is 14.9 Å². The number of pyridine rings is 1. The second kappa shape index (κ2) is 9.57. The van der Waals surface area contributed by atoms with Crippen molar-refractivity contribution in [3.8, 4) is 5.75 Å². The summed E-state index contributed by atoms with van der Waals surface area (Å²) in [6, 6.07) is 16.1.